The summed E-state index contributed by atoms with van der Waals surface area (Å²) in [5.41, 5.74) is 0. The van der Waals surface area contributed by atoms with Gasteiger partial charge in [0, 0.05) is 18.9 Å². The lowest BCUT2D eigenvalue weighted by Crippen LogP contribution is -2.44. The van der Waals surface area contributed by atoms with Crippen molar-refractivity contribution in [2.45, 2.75) is 83.2 Å². The number of aliphatic hydroxyl groups is 1. The molecule has 2 bridgehead atoms. The first-order valence-electron chi connectivity index (χ1n) is 8.63. The molecule has 0 radical (unpaired) electrons. The van der Waals surface area contributed by atoms with E-state index in [9.17, 15) is 5.11 Å². The first kappa shape index (κ1) is 18.4. The van der Waals surface area contributed by atoms with Gasteiger partial charge in [0.1, 0.15) is 0 Å². The van der Waals surface area contributed by atoms with Crippen LogP contribution in [0.25, 0.3) is 0 Å². The average Bonchev–Trinajstić information content (AvgIpc) is 2.95. The predicted molar refractivity (Wildman–Crippen MR) is 97.1 cm³/mol. The topological polar surface area (TPSA) is 38.7 Å². The van der Waals surface area contributed by atoms with E-state index in [1.54, 1.807) is 0 Å². The molecule has 128 valence electrons. The second-order valence-electron chi connectivity index (χ2n) is 8.48. The highest BCUT2D eigenvalue weighted by Gasteiger charge is 2.49. The number of rotatable bonds is 7. The largest absolute Gasteiger partial charge is 0.502 e. The van der Waals surface area contributed by atoms with Crippen LogP contribution in [0.15, 0.2) is 0 Å². The molecule has 5 heteroatoms. The van der Waals surface area contributed by atoms with Crippen LogP contribution in [0.2, 0.25) is 18.1 Å². The average molecular weight is 345 g/mol. The lowest BCUT2D eigenvalue weighted by atomic mass is 9.77. The summed E-state index contributed by atoms with van der Waals surface area (Å²) in [7, 11) is -1.70. The van der Waals surface area contributed by atoms with Crippen molar-refractivity contribution < 1.29 is 14.3 Å². The molecule has 0 aromatic rings. The van der Waals surface area contributed by atoms with Crippen LogP contribution in [-0.4, -0.2) is 37.3 Å². The zero-order chi connectivity index (χ0) is 16.5. The maximum Gasteiger partial charge on any atom is 0.191 e. The van der Waals surface area contributed by atoms with Crippen LogP contribution in [0.1, 0.15) is 52.9 Å². The minimum Gasteiger partial charge on any atom is -0.502 e. The third-order valence-electron chi connectivity index (χ3n) is 5.96. The molecular formula is C17H32O3SSi. The van der Waals surface area contributed by atoms with Gasteiger partial charge in [0.05, 0.1) is 12.2 Å². The third-order valence-corrected chi connectivity index (χ3v) is 10.7. The van der Waals surface area contributed by atoms with Crippen LogP contribution in [0, 0.1) is 11.8 Å². The minimum absolute atomic E-state index is 0.137. The molecule has 0 unspecified atom stereocenters. The van der Waals surface area contributed by atoms with Crippen molar-refractivity contribution >= 4 is 25.6 Å². The smallest absolute Gasteiger partial charge is 0.191 e. The van der Waals surface area contributed by atoms with Gasteiger partial charge in [-0.1, -0.05) is 20.8 Å². The Morgan fingerprint density at radius 3 is 2.36 bits per heavy atom. The summed E-state index contributed by atoms with van der Waals surface area (Å²) in [6.45, 7) is 12.3. The quantitative estimate of drug-likeness (QED) is 0.529. The number of hydrogen-bond donors (Lipinski definition) is 1. The summed E-state index contributed by atoms with van der Waals surface area (Å²) in [4.78, 5) is 0. The summed E-state index contributed by atoms with van der Waals surface area (Å²) in [6.07, 6.45) is 5.86. The Morgan fingerprint density at radius 2 is 1.82 bits per heavy atom. The number of fused-ring (bicyclic) bond motifs is 2. The van der Waals surface area contributed by atoms with Crippen molar-refractivity contribution in [3.8, 4) is 0 Å². The standard InChI is InChI=1S/C17H32O3SSi/c1-17(2,3)22(4,5)19-11-13-12(7-6-8-16(18)21)14-9-10-15(13)20-14/h12-15H,6-11H2,1-5H3,(H,18,21)/t12-,13+,14-,15+/m0/s1. The molecule has 0 aromatic heterocycles. The lowest BCUT2D eigenvalue weighted by Gasteiger charge is -2.38. The van der Waals surface area contributed by atoms with Crippen LogP contribution in [0.5, 0.6) is 0 Å². The van der Waals surface area contributed by atoms with Crippen LogP contribution in [0.4, 0.5) is 0 Å². The predicted octanol–water partition coefficient (Wildman–Crippen LogP) is 4.86. The number of aliphatic hydroxyl groups excluding tert-OH is 1. The van der Waals surface area contributed by atoms with Gasteiger partial charge in [0.15, 0.2) is 13.4 Å². The van der Waals surface area contributed by atoms with E-state index in [1.807, 2.05) is 0 Å². The number of hydrogen-bond acceptors (Lipinski definition) is 3. The molecule has 4 atom stereocenters. The maximum atomic E-state index is 9.20. The molecule has 1 N–H and O–H groups in total. The Bertz CT molecular complexity index is 405. The molecule has 0 amide bonds. The molecule has 2 fully saturated rings. The molecule has 0 saturated carbocycles. The van der Waals surface area contributed by atoms with Crippen LogP contribution in [0.3, 0.4) is 0 Å². The molecule has 0 aliphatic carbocycles. The molecule has 2 rings (SSSR count). The van der Waals surface area contributed by atoms with E-state index >= 15 is 0 Å². The van der Waals surface area contributed by atoms with Crippen molar-refractivity contribution in [2.75, 3.05) is 6.61 Å². The summed E-state index contributed by atoms with van der Waals surface area (Å²) in [5.74, 6) is 1.11. The van der Waals surface area contributed by atoms with Gasteiger partial charge in [0.25, 0.3) is 0 Å². The summed E-state index contributed by atoms with van der Waals surface area (Å²) in [5, 5.41) is 9.60. The van der Waals surface area contributed by atoms with Gasteiger partial charge >= 0.3 is 0 Å². The van der Waals surface area contributed by atoms with E-state index in [2.05, 4.69) is 33.9 Å². The first-order valence-corrected chi connectivity index (χ1v) is 11.9. The number of thiocarbonyl (C=S) groups is 1. The zero-order valence-electron chi connectivity index (χ0n) is 14.7. The van der Waals surface area contributed by atoms with Gasteiger partial charge in [-0.25, -0.2) is 0 Å². The minimum atomic E-state index is -1.70. The van der Waals surface area contributed by atoms with Gasteiger partial charge < -0.3 is 14.3 Å². The summed E-state index contributed by atoms with van der Waals surface area (Å²) < 4.78 is 12.6. The fourth-order valence-corrected chi connectivity index (χ4v) is 4.70. The van der Waals surface area contributed by atoms with E-state index in [0.29, 0.717) is 30.5 Å². The molecule has 22 heavy (non-hydrogen) atoms. The fourth-order valence-electron chi connectivity index (χ4n) is 3.51. The third kappa shape index (κ3) is 4.10. The van der Waals surface area contributed by atoms with Crippen molar-refractivity contribution in [3.05, 3.63) is 0 Å². The van der Waals surface area contributed by atoms with Gasteiger partial charge in [-0.3, -0.25) is 0 Å². The lowest BCUT2D eigenvalue weighted by molar-refractivity contribution is 0.0794. The monoisotopic (exact) mass is 344 g/mol. The Kier molecular flexibility index (Phi) is 5.74. The Balaban J connectivity index is 1.91. The molecule has 2 saturated heterocycles. The summed E-state index contributed by atoms with van der Waals surface area (Å²) in [6, 6.07) is 0. The normalized spacial score (nSPS) is 31.7. The highest BCUT2D eigenvalue weighted by Crippen LogP contribution is 2.47. The highest BCUT2D eigenvalue weighted by atomic mass is 32.1. The SMILES string of the molecule is CC(C)(C)[Si](C)(C)OC[C@@H]1[C@H](CCCC(O)=S)[C@@H]2CC[C@H]1O2. The van der Waals surface area contributed by atoms with E-state index < -0.39 is 8.32 Å². The van der Waals surface area contributed by atoms with E-state index in [4.69, 9.17) is 21.4 Å². The van der Waals surface area contributed by atoms with Gasteiger partial charge in [-0.15, -0.1) is 0 Å². The van der Waals surface area contributed by atoms with Gasteiger partial charge in [-0.05, 0) is 62.0 Å². The van der Waals surface area contributed by atoms with Crippen LogP contribution < -0.4 is 0 Å². The Hall–Kier alpha value is 0.0269. The van der Waals surface area contributed by atoms with Crippen molar-refractivity contribution in [3.63, 3.8) is 0 Å². The second-order valence-corrected chi connectivity index (χ2v) is 13.8. The molecule has 2 aliphatic rings. The molecular weight excluding hydrogens is 312 g/mol. The van der Waals surface area contributed by atoms with E-state index in [0.717, 1.165) is 19.4 Å². The highest BCUT2D eigenvalue weighted by molar-refractivity contribution is 7.80. The molecule has 0 spiro atoms. The zero-order valence-corrected chi connectivity index (χ0v) is 16.5. The first-order chi connectivity index (χ1) is 10.1. The van der Waals surface area contributed by atoms with Crippen molar-refractivity contribution in [1.82, 2.24) is 0 Å². The Labute approximate surface area is 141 Å². The van der Waals surface area contributed by atoms with Gasteiger partial charge in [-0.2, -0.15) is 0 Å². The molecule has 2 aliphatic heterocycles. The molecule has 2 heterocycles. The number of ether oxygens (including phenoxy) is 1. The Morgan fingerprint density at radius 1 is 1.23 bits per heavy atom. The fraction of sp³-hybridized carbons (Fsp3) is 0.941. The van der Waals surface area contributed by atoms with Crippen LogP contribution >= 0.6 is 12.2 Å². The second kappa shape index (κ2) is 6.87. The van der Waals surface area contributed by atoms with Gasteiger partial charge in [0.2, 0.25) is 0 Å². The molecule has 3 nitrogen and oxygen atoms in total. The van der Waals surface area contributed by atoms with E-state index in [1.165, 1.54) is 12.8 Å². The molecule has 0 aromatic carbocycles. The van der Waals surface area contributed by atoms with Crippen molar-refractivity contribution in [1.29, 1.82) is 0 Å². The summed E-state index contributed by atoms with van der Waals surface area (Å²) >= 11 is 4.78. The van der Waals surface area contributed by atoms with Crippen LogP contribution in [-0.2, 0) is 9.16 Å². The van der Waals surface area contributed by atoms with Crippen molar-refractivity contribution in [2.24, 2.45) is 11.8 Å². The maximum absolute atomic E-state index is 9.20. The van der Waals surface area contributed by atoms with E-state index in [-0.39, 0.29) is 10.1 Å².